The average Bonchev–Trinajstić information content (AvgIpc) is 3.14. The van der Waals surface area contributed by atoms with E-state index in [1.54, 1.807) is 11.8 Å². The highest BCUT2D eigenvalue weighted by molar-refractivity contribution is 7.98. The lowest BCUT2D eigenvalue weighted by atomic mass is 10.2. The number of aromatic nitrogens is 1. The van der Waals surface area contributed by atoms with Crippen molar-refractivity contribution in [1.82, 2.24) is 9.47 Å². The molecule has 4 nitrogen and oxygen atoms in total. The second kappa shape index (κ2) is 9.51. The van der Waals surface area contributed by atoms with Crippen LogP contribution in [0.15, 0.2) is 77.8 Å². The molecule has 1 N–H and O–H groups in total. The van der Waals surface area contributed by atoms with Crippen LogP contribution in [0.3, 0.4) is 0 Å². The zero-order valence-electron chi connectivity index (χ0n) is 16.6. The smallest absolute Gasteiger partial charge is 0.322 e. The van der Waals surface area contributed by atoms with Gasteiger partial charge in [0.15, 0.2) is 0 Å². The van der Waals surface area contributed by atoms with E-state index < -0.39 is 0 Å². The molecule has 3 rings (SSSR count). The van der Waals surface area contributed by atoms with Crippen molar-refractivity contribution in [3.8, 4) is 0 Å². The van der Waals surface area contributed by atoms with E-state index in [0.29, 0.717) is 6.54 Å². The van der Waals surface area contributed by atoms with E-state index in [1.165, 1.54) is 10.5 Å². The molecule has 0 aliphatic rings. The summed E-state index contributed by atoms with van der Waals surface area (Å²) in [4.78, 5) is 15.9. The molecule has 0 bridgehead atoms. The number of nitrogens with zero attached hydrogens (tertiary/aromatic N) is 2. The standard InChI is InChI=1S/C23H27N3OS/c1-18(2)26(23(27)24-20-11-13-22(28-3)14-12-20)17-21-10-7-15-25(21)16-19-8-5-4-6-9-19/h4-15,18H,16-17H2,1-3H3,(H,24,27). The Labute approximate surface area is 171 Å². The molecule has 0 saturated heterocycles. The van der Waals surface area contributed by atoms with Crippen LogP contribution < -0.4 is 5.32 Å². The van der Waals surface area contributed by atoms with Gasteiger partial charge in [0, 0.05) is 35.1 Å². The average molecular weight is 394 g/mol. The van der Waals surface area contributed by atoms with Gasteiger partial charge in [0.05, 0.1) is 6.54 Å². The van der Waals surface area contributed by atoms with Gasteiger partial charge in [0.2, 0.25) is 0 Å². The number of anilines is 1. The summed E-state index contributed by atoms with van der Waals surface area (Å²) in [7, 11) is 0. The molecule has 0 fully saturated rings. The highest BCUT2D eigenvalue weighted by Gasteiger charge is 2.19. The molecule has 0 spiro atoms. The highest BCUT2D eigenvalue weighted by atomic mass is 32.2. The second-order valence-corrected chi connectivity index (χ2v) is 7.87. The molecule has 0 atom stereocenters. The number of carbonyl (C=O) groups excluding carboxylic acids is 1. The van der Waals surface area contributed by atoms with E-state index in [1.807, 2.05) is 61.4 Å². The van der Waals surface area contributed by atoms with Crippen LogP contribution >= 0.6 is 11.8 Å². The van der Waals surface area contributed by atoms with Gasteiger partial charge in [-0.05, 0) is 62.1 Å². The van der Waals surface area contributed by atoms with Crippen LogP contribution in [0.4, 0.5) is 10.5 Å². The summed E-state index contributed by atoms with van der Waals surface area (Å²) in [6.45, 7) is 5.45. The summed E-state index contributed by atoms with van der Waals surface area (Å²) < 4.78 is 2.20. The molecule has 146 valence electrons. The van der Waals surface area contributed by atoms with Crippen LogP contribution in [-0.4, -0.2) is 27.8 Å². The quantitative estimate of drug-likeness (QED) is 0.523. The van der Waals surface area contributed by atoms with Gasteiger partial charge in [-0.15, -0.1) is 11.8 Å². The number of nitrogens with one attached hydrogen (secondary N) is 1. The van der Waals surface area contributed by atoms with Crippen LogP contribution in [-0.2, 0) is 13.1 Å². The minimum Gasteiger partial charge on any atom is -0.345 e. The molecule has 5 heteroatoms. The third-order valence-corrected chi connectivity index (χ3v) is 5.42. The minimum absolute atomic E-state index is 0.0839. The van der Waals surface area contributed by atoms with Crippen molar-refractivity contribution in [2.75, 3.05) is 11.6 Å². The first-order chi connectivity index (χ1) is 13.6. The molecule has 0 unspecified atom stereocenters. The first-order valence-corrected chi connectivity index (χ1v) is 10.7. The van der Waals surface area contributed by atoms with E-state index in [0.717, 1.165) is 17.9 Å². The summed E-state index contributed by atoms with van der Waals surface area (Å²) >= 11 is 1.69. The predicted molar refractivity (Wildman–Crippen MR) is 118 cm³/mol. The fraction of sp³-hybridized carbons (Fsp3) is 0.261. The number of carbonyl (C=O) groups is 1. The van der Waals surface area contributed by atoms with Crippen LogP contribution in [0.2, 0.25) is 0 Å². The molecule has 0 radical (unpaired) electrons. The molecule has 2 amide bonds. The third kappa shape index (κ3) is 5.20. The molecular formula is C23H27N3OS. The van der Waals surface area contributed by atoms with Gasteiger partial charge in [-0.3, -0.25) is 0 Å². The Morgan fingerprint density at radius 1 is 1.04 bits per heavy atom. The van der Waals surface area contributed by atoms with Crippen LogP contribution in [0, 0.1) is 0 Å². The fourth-order valence-electron chi connectivity index (χ4n) is 3.06. The van der Waals surface area contributed by atoms with Crippen molar-refractivity contribution in [1.29, 1.82) is 0 Å². The maximum atomic E-state index is 12.9. The Bertz CT molecular complexity index is 888. The molecule has 1 heterocycles. The van der Waals surface area contributed by atoms with E-state index >= 15 is 0 Å². The molecule has 0 saturated carbocycles. The SMILES string of the molecule is CSc1ccc(NC(=O)N(Cc2cccn2Cc2ccccc2)C(C)C)cc1. The molecule has 0 aliphatic heterocycles. The Morgan fingerprint density at radius 2 is 1.75 bits per heavy atom. The zero-order chi connectivity index (χ0) is 19.9. The summed E-state index contributed by atoms with van der Waals surface area (Å²) in [6, 6.07) is 22.4. The number of hydrogen-bond acceptors (Lipinski definition) is 2. The topological polar surface area (TPSA) is 37.3 Å². The van der Waals surface area contributed by atoms with Crippen molar-refractivity contribution in [2.24, 2.45) is 0 Å². The van der Waals surface area contributed by atoms with E-state index in [9.17, 15) is 4.79 Å². The summed E-state index contributed by atoms with van der Waals surface area (Å²) in [6.07, 6.45) is 4.11. The van der Waals surface area contributed by atoms with Crippen LogP contribution in [0.5, 0.6) is 0 Å². The summed E-state index contributed by atoms with van der Waals surface area (Å²) in [5.74, 6) is 0. The summed E-state index contributed by atoms with van der Waals surface area (Å²) in [5.41, 5.74) is 3.17. The first kappa shape index (κ1) is 20.1. The number of urea groups is 1. The summed E-state index contributed by atoms with van der Waals surface area (Å²) in [5, 5.41) is 3.02. The van der Waals surface area contributed by atoms with Gasteiger partial charge in [-0.1, -0.05) is 30.3 Å². The van der Waals surface area contributed by atoms with Crippen molar-refractivity contribution in [3.63, 3.8) is 0 Å². The largest absolute Gasteiger partial charge is 0.345 e. The maximum Gasteiger partial charge on any atom is 0.322 e. The van der Waals surface area contributed by atoms with Crippen LogP contribution in [0.25, 0.3) is 0 Å². The lowest BCUT2D eigenvalue weighted by Crippen LogP contribution is -2.40. The maximum absolute atomic E-state index is 12.9. The molecule has 0 aliphatic carbocycles. The Hall–Kier alpha value is -2.66. The second-order valence-electron chi connectivity index (χ2n) is 6.99. The number of rotatable bonds is 7. The lowest BCUT2D eigenvalue weighted by molar-refractivity contribution is 0.192. The number of hydrogen-bond donors (Lipinski definition) is 1. The van der Waals surface area contributed by atoms with Gasteiger partial charge in [0.1, 0.15) is 0 Å². The normalized spacial score (nSPS) is 10.9. The molecule has 28 heavy (non-hydrogen) atoms. The predicted octanol–water partition coefficient (Wildman–Crippen LogP) is 5.70. The van der Waals surface area contributed by atoms with E-state index in [2.05, 4.69) is 46.4 Å². The lowest BCUT2D eigenvalue weighted by Gasteiger charge is -2.27. The van der Waals surface area contributed by atoms with Crippen molar-refractivity contribution < 1.29 is 4.79 Å². The molecule has 2 aromatic carbocycles. The Morgan fingerprint density at radius 3 is 2.39 bits per heavy atom. The number of benzene rings is 2. The van der Waals surface area contributed by atoms with Gasteiger partial charge in [-0.25, -0.2) is 4.79 Å². The van der Waals surface area contributed by atoms with Gasteiger partial charge in [0.25, 0.3) is 0 Å². The van der Waals surface area contributed by atoms with Crippen LogP contribution in [0.1, 0.15) is 25.1 Å². The molecular weight excluding hydrogens is 366 g/mol. The first-order valence-electron chi connectivity index (χ1n) is 9.46. The third-order valence-electron chi connectivity index (χ3n) is 4.68. The molecule has 3 aromatic rings. The van der Waals surface area contributed by atoms with Gasteiger partial charge >= 0.3 is 6.03 Å². The number of amides is 2. The van der Waals surface area contributed by atoms with Gasteiger partial charge < -0.3 is 14.8 Å². The van der Waals surface area contributed by atoms with E-state index in [4.69, 9.17) is 0 Å². The fourth-order valence-corrected chi connectivity index (χ4v) is 3.47. The van der Waals surface area contributed by atoms with Crippen molar-refractivity contribution >= 4 is 23.5 Å². The monoisotopic (exact) mass is 393 g/mol. The molecule has 1 aromatic heterocycles. The Kier molecular flexibility index (Phi) is 6.82. The van der Waals surface area contributed by atoms with Gasteiger partial charge in [-0.2, -0.15) is 0 Å². The van der Waals surface area contributed by atoms with E-state index in [-0.39, 0.29) is 12.1 Å². The minimum atomic E-state index is -0.0839. The number of thioether (sulfide) groups is 1. The highest BCUT2D eigenvalue weighted by Crippen LogP contribution is 2.19. The Balaban J connectivity index is 1.71. The zero-order valence-corrected chi connectivity index (χ0v) is 17.4. The van der Waals surface area contributed by atoms with Crippen molar-refractivity contribution in [2.45, 2.75) is 37.9 Å². The van der Waals surface area contributed by atoms with Crippen molar-refractivity contribution in [3.05, 3.63) is 84.2 Å².